The van der Waals surface area contributed by atoms with Crippen LogP contribution in [0.5, 0.6) is 0 Å². The summed E-state index contributed by atoms with van der Waals surface area (Å²) in [4.78, 5) is 10.8. The number of nitriles is 1. The van der Waals surface area contributed by atoms with Crippen molar-refractivity contribution < 1.29 is 4.79 Å². The normalized spacial score (nSPS) is 29.0. The summed E-state index contributed by atoms with van der Waals surface area (Å²) in [6.45, 7) is 1.50. The van der Waals surface area contributed by atoms with Crippen molar-refractivity contribution in [1.29, 1.82) is 5.26 Å². The molecule has 1 aliphatic rings. The van der Waals surface area contributed by atoms with Gasteiger partial charge in [-0.1, -0.05) is 12.8 Å². The zero-order valence-electron chi connectivity index (χ0n) is 7.34. The predicted octanol–water partition coefficient (Wildman–Crippen LogP) is 1.20. The highest BCUT2D eigenvalue weighted by molar-refractivity contribution is 5.73. The summed E-state index contributed by atoms with van der Waals surface area (Å²) in [6.07, 6.45) is 4.14. The average Bonchev–Trinajstić information content (AvgIpc) is 2.04. The molecule has 0 aliphatic heterocycles. The lowest BCUT2D eigenvalue weighted by Gasteiger charge is -2.26. The Hall–Kier alpha value is -1.04. The second-order valence-electron chi connectivity index (χ2n) is 3.33. The molecule has 1 amide bonds. The van der Waals surface area contributed by atoms with Crippen LogP contribution in [0.4, 0.5) is 0 Å². The van der Waals surface area contributed by atoms with Crippen molar-refractivity contribution >= 4 is 5.91 Å². The summed E-state index contributed by atoms with van der Waals surface area (Å²) in [5.41, 5.74) is 0. The number of hydrogen-bond donors (Lipinski definition) is 1. The van der Waals surface area contributed by atoms with E-state index >= 15 is 0 Å². The molecule has 0 bridgehead atoms. The van der Waals surface area contributed by atoms with Crippen molar-refractivity contribution in [2.75, 3.05) is 0 Å². The Morgan fingerprint density at radius 2 is 2.17 bits per heavy atom. The molecule has 3 heteroatoms. The number of nitrogens with zero attached hydrogens (tertiary/aromatic N) is 1. The molecular weight excluding hydrogens is 152 g/mol. The molecule has 1 rings (SSSR count). The Morgan fingerprint density at radius 3 is 2.75 bits per heavy atom. The van der Waals surface area contributed by atoms with E-state index in [4.69, 9.17) is 5.26 Å². The summed E-state index contributed by atoms with van der Waals surface area (Å²) >= 11 is 0. The van der Waals surface area contributed by atoms with Crippen molar-refractivity contribution in [3.05, 3.63) is 0 Å². The first-order valence-corrected chi connectivity index (χ1v) is 4.40. The van der Waals surface area contributed by atoms with Crippen molar-refractivity contribution in [1.82, 2.24) is 5.32 Å². The lowest BCUT2D eigenvalue weighted by atomic mass is 9.85. The summed E-state index contributed by atoms with van der Waals surface area (Å²) < 4.78 is 0. The van der Waals surface area contributed by atoms with E-state index < -0.39 is 0 Å². The van der Waals surface area contributed by atoms with Gasteiger partial charge in [0.25, 0.3) is 0 Å². The highest BCUT2D eigenvalue weighted by Crippen LogP contribution is 2.23. The van der Waals surface area contributed by atoms with Gasteiger partial charge in [-0.3, -0.25) is 4.79 Å². The molecule has 1 fully saturated rings. The molecule has 12 heavy (non-hydrogen) atoms. The van der Waals surface area contributed by atoms with Crippen LogP contribution in [-0.4, -0.2) is 11.9 Å². The van der Waals surface area contributed by atoms with Crippen molar-refractivity contribution in [3.8, 4) is 6.07 Å². The van der Waals surface area contributed by atoms with Gasteiger partial charge in [-0.2, -0.15) is 5.26 Å². The van der Waals surface area contributed by atoms with E-state index in [1.54, 1.807) is 0 Å². The minimum Gasteiger partial charge on any atom is -0.352 e. The van der Waals surface area contributed by atoms with Crippen LogP contribution in [0.25, 0.3) is 0 Å². The van der Waals surface area contributed by atoms with E-state index in [1.807, 2.05) is 0 Å². The lowest BCUT2D eigenvalue weighted by molar-refractivity contribution is -0.120. The first-order valence-electron chi connectivity index (χ1n) is 4.40. The molecule has 0 aromatic carbocycles. The Kier molecular flexibility index (Phi) is 3.09. The third kappa shape index (κ3) is 2.23. The van der Waals surface area contributed by atoms with Gasteiger partial charge in [0.2, 0.25) is 5.91 Å². The fraction of sp³-hybridized carbons (Fsp3) is 0.778. The van der Waals surface area contributed by atoms with Crippen molar-refractivity contribution in [3.63, 3.8) is 0 Å². The molecule has 66 valence electrons. The number of carbonyl (C=O) groups is 1. The maximum atomic E-state index is 10.8. The first-order chi connectivity index (χ1) is 5.74. The number of rotatable bonds is 1. The van der Waals surface area contributed by atoms with E-state index in [2.05, 4.69) is 11.4 Å². The summed E-state index contributed by atoms with van der Waals surface area (Å²) in [6, 6.07) is 2.34. The van der Waals surface area contributed by atoms with Gasteiger partial charge in [0.15, 0.2) is 0 Å². The van der Waals surface area contributed by atoms with E-state index in [0.717, 1.165) is 25.7 Å². The van der Waals surface area contributed by atoms with E-state index in [1.165, 1.54) is 6.92 Å². The Bertz CT molecular complexity index is 207. The Balaban J connectivity index is 2.48. The smallest absolute Gasteiger partial charge is 0.217 e. The van der Waals surface area contributed by atoms with Gasteiger partial charge in [0.1, 0.15) is 0 Å². The maximum Gasteiger partial charge on any atom is 0.217 e. The Morgan fingerprint density at radius 1 is 1.50 bits per heavy atom. The highest BCUT2D eigenvalue weighted by atomic mass is 16.1. The zero-order valence-corrected chi connectivity index (χ0v) is 7.34. The van der Waals surface area contributed by atoms with Crippen LogP contribution in [0, 0.1) is 17.2 Å². The largest absolute Gasteiger partial charge is 0.352 e. The summed E-state index contributed by atoms with van der Waals surface area (Å²) in [7, 11) is 0. The van der Waals surface area contributed by atoms with Gasteiger partial charge < -0.3 is 5.32 Å². The van der Waals surface area contributed by atoms with Crippen molar-refractivity contribution in [2.45, 2.75) is 38.6 Å². The quantitative estimate of drug-likeness (QED) is 0.636. The molecule has 1 N–H and O–H groups in total. The molecule has 0 aromatic heterocycles. The predicted molar refractivity (Wildman–Crippen MR) is 45.2 cm³/mol. The molecule has 0 spiro atoms. The lowest BCUT2D eigenvalue weighted by Crippen LogP contribution is -2.40. The molecule has 1 saturated carbocycles. The van der Waals surface area contributed by atoms with Crippen LogP contribution < -0.4 is 5.32 Å². The SMILES string of the molecule is CC(=O)N[C@H]1CCCC[C@H]1C#N. The van der Waals surface area contributed by atoms with Gasteiger partial charge in [0, 0.05) is 13.0 Å². The molecule has 0 saturated heterocycles. The molecule has 3 nitrogen and oxygen atoms in total. The standard InChI is InChI=1S/C9H14N2O/c1-7(12)11-9-5-3-2-4-8(9)6-10/h8-9H,2-5H2,1H3,(H,11,12)/t8-,9-/m0/s1. The summed E-state index contributed by atoms with van der Waals surface area (Å²) in [5.74, 6) is 0.00444. The minimum absolute atomic E-state index is 0.0258. The van der Waals surface area contributed by atoms with Crippen LogP contribution in [-0.2, 0) is 4.79 Å². The third-order valence-electron chi connectivity index (χ3n) is 2.32. The van der Waals surface area contributed by atoms with E-state index in [0.29, 0.717) is 0 Å². The summed E-state index contributed by atoms with van der Waals surface area (Å²) in [5, 5.41) is 11.6. The molecule has 0 heterocycles. The number of carbonyl (C=O) groups excluding carboxylic acids is 1. The van der Waals surface area contributed by atoms with Crippen LogP contribution in [0.3, 0.4) is 0 Å². The van der Waals surface area contributed by atoms with Gasteiger partial charge in [0.05, 0.1) is 12.0 Å². The molecule has 0 aromatic rings. The number of nitrogens with one attached hydrogen (secondary N) is 1. The molecular formula is C9H14N2O. The van der Waals surface area contributed by atoms with E-state index in [9.17, 15) is 4.79 Å². The zero-order chi connectivity index (χ0) is 8.97. The average molecular weight is 166 g/mol. The minimum atomic E-state index is -0.0258. The first kappa shape index (κ1) is 9.05. The van der Waals surface area contributed by atoms with Gasteiger partial charge in [-0.15, -0.1) is 0 Å². The number of amides is 1. The molecule has 1 aliphatic carbocycles. The fourth-order valence-electron chi connectivity index (χ4n) is 1.72. The molecule has 0 unspecified atom stereocenters. The molecule has 0 radical (unpaired) electrons. The van der Waals surface area contributed by atoms with Gasteiger partial charge in [-0.05, 0) is 12.8 Å². The van der Waals surface area contributed by atoms with Crippen molar-refractivity contribution in [2.24, 2.45) is 5.92 Å². The Labute approximate surface area is 72.8 Å². The van der Waals surface area contributed by atoms with Crippen LogP contribution >= 0.6 is 0 Å². The monoisotopic (exact) mass is 166 g/mol. The second kappa shape index (κ2) is 4.10. The van der Waals surface area contributed by atoms with Gasteiger partial charge in [-0.25, -0.2) is 0 Å². The van der Waals surface area contributed by atoms with Crippen LogP contribution in [0.2, 0.25) is 0 Å². The third-order valence-corrected chi connectivity index (χ3v) is 2.32. The topological polar surface area (TPSA) is 52.9 Å². The fourth-order valence-corrected chi connectivity index (χ4v) is 1.72. The highest BCUT2D eigenvalue weighted by Gasteiger charge is 2.24. The molecule has 2 atom stereocenters. The van der Waals surface area contributed by atoms with Crippen LogP contribution in [0.15, 0.2) is 0 Å². The van der Waals surface area contributed by atoms with Gasteiger partial charge >= 0.3 is 0 Å². The maximum absolute atomic E-state index is 10.8. The van der Waals surface area contributed by atoms with E-state index in [-0.39, 0.29) is 17.9 Å². The van der Waals surface area contributed by atoms with Crippen LogP contribution in [0.1, 0.15) is 32.6 Å². The second-order valence-corrected chi connectivity index (χ2v) is 3.33. The number of hydrogen-bond acceptors (Lipinski definition) is 2.